The number of hydrogen-bond donors (Lipinski definition) is 1. The summed E-state index contributed by atoms with van der Waals surface area (Å²) in [6.07, 6.45) is 0. The Morgan fingerprint density at radius 1 is 1.13 bits per heavy atom. The predicted molar refractivity (Wildman–Crippen MR) is 120 cm³/mol. The first kappa shape index (κ1) is 22.3. The molecule has 0 saturated heterocycles. The molecule has 11 heteroatoms. The van der Waals surface area contributed by atoms with E-state index in [0.29, 0.717) is 26.6 Å². The van der Waals surface area contributed by atoms with Crippen molar-refractivity contribution in [1.29, 1.82) is 0 Å². The van der Waals surface area contributed by atoms with Gasteiger partial charge in [-0.3, -0.25) is 18.7 Å². The number of nitrogens with one attached hydrogen (secondary N) is 1. The van der Waals surface area contributed by atoms with Gasteiger partial charge in [0.05, 0.1) is 15.8 Å². The van der Waals surface area contributed by atoms with Crippen LogP contribution < -0.4 is 16.6 Å². The maximum absolute atomic E-state index is 12.7. The Balaban J connectivity index is 1.96. The summed E-state index contributed by atoms with van der Waals surface area (Å²) in [6, 6.07) is 4.78. The van der Waals surface area contributed by atoms with Gasteiger partial charge in [-0.1, -0.05) is 48.8 Å². The molecule has 0 aliphatic rings. The van der Waals surface area contributed by atoms with Gasteiger partial charge in [0.2, 0.25) is 5.91 Å². The number of fused-ring (bicyclic) bond motifs is 1. The zero-order valence-corrected chi connectivity index (χ0v) is 19.0. The Bertz CT molecular complexity index is 1270. The number of benzene rings is 1. The monoisotopic (exact) mass is 467 g/mol. The lowest BCUT2D eigenvalue weighted by Gasteiger charge is -2.13. The number of carbonyl (C=O) groups is 1. The molecule has 0 aliphatic carbocycles. The lowest BCUT2D eigenvalue weighted by atomic mass is 10.2. The molecule has 0 saturated carbocycles. The smallest absolute Gasteiger partial charge is 0.325 e. The summed E-state index contributed by atoms with van der Waals surface area (Å²) in [6.45, 7) is 3.82. The number of rotatable bonds is 5. The van der Waals surface area contributed by atoms with Gasteiger partial charge in [0.15, 0.2) is 5.65 Å². The van der Waals surface area contributed by atoms with Gasteiger partial charge in [-0.25, -0.2) is 14.8 Å². The van der Waals surface area contributed by atoms with Crippen LogP contribution in [-0.4, -0.2) is 30.8 Å². The van der Waals surface area contributed by atoms with E-state index in [0.717, 1.165) is 16.3 Å². The quantitative estimate of drug-likeness (QED) is 0.456. The van der Waals surface area contributed by atoms with E-state index in [1.54, 1.807) is 25.2 Å². The predicted octanol–water partition coefficient (Wildman–Crippen LogP) is 3.19. The molecule has 3 aromatic rings. The Labute approximate surface area is 186 Å². The van der Waals surface area contributed by atoms with Crippen LogP contribution in [0.3, 0.4) is 0 Å². The van der Waals surface area contributed by atoms with Gasteiger partial charge in [-0.05, 0) is 18.2 Å². The van der Waals surface area contributed by atoms with Crippen LogP contribution in [0, 0.1) is 0 Å². The minimum atomic E-state index is -0.504. The average molecular weight is 468 g/mol. The van der Waals surface area contributed by atoms with Crippen LogP contribution in [-0.2, 0) is 18.9 Å². The number of aryl methyl sites for hydroxylation is 1. The van der Waals surface area contributed by atoms with Crippen molar-refractivity contribution in [3.8, 4) is 0 Å². The highest BCUT2D eigenvalue weighted by Crippen LogP contribution is 2.27. The van der Waals surface area contributed by atoms with Crippen LogP contribution in [0.5, 0.6) is 0 Å². The molecule has 1 amide bonds. The fourth-order valence-electron chi connectivity index (χ4n) is 2.71. The van der Waals surface area contributed by atoms with Gasteiger partial charge in [0, 0.05) is 25.7 Å². The Morgan fingerprint density at radius 3 is 2.47 bits per heavy atom. The van der Waals surface area contributed by atoms with Crippen LogP contribution in [0.15, 0.2) is 32.8 Å². The topological polar surface area (TPSA) is 98.9 Å². The summed E-state index contributed by atoms with van der Waals surface area (Å²) < 4.78 is 2.31. The lowest BCUT2D eigenvalue weighted by Crippen LogP contribution is -2.38. The standard InChI is InChI=1S/C19H19Cl2N5O3S/c1-9(2)15-23-16-14(18(28)26(4)19(29)25(16)3)17(24-15)30-8-13(27)22-10-5-6-11(20)12(21)7-10/h5-7,9H,8H2,1-4H3,(H,22,27). The van der Waals surface area contributed by atoms with E-state index in [9.17, 15) is 14.4 Å². The van der Waals surface area contributed by atoms with Gasteiger partial charge in [0.1, 0.15) is 16.2 Å². The molecule has 30 heavy (non-hydrogen) atoms. The van der Waals surface area contributed by atoms with Crippen molar-refractivity contribution in [3.63, 3.8) is 0 Å². The lowest BCUT2D eigenvalue weighted by molar-refractivity contribution is -0.113. The van der Waals surface area contributed by atoms with E-state index in [4.69, 9.17) is 23.2 Å². The molecule has 1 aromatic carbocycles. The van der Waals surface area contributed by atoms with E-state index < -0.39 is 11.2 Å². The molecule has 0 unspecified atom stereocenters. The molecule has 3 rings (SSSR count). The fraction of sp³-hybridized carbons (Fsp3) is 0.316. The molecule has 0 radical (unpaired) electrons. The Morgan fingerprint density at radius 2 is 1.83 bits per heavy atom. The third kappa shape index (κ3) is 4.38. The van der Waals surface area contributed by atoms with E-state index in [-0.39, 0.29) is 28.6 Å². The number of thioether (sulfide) groups is 1. The number of hydrogen-bond acceptors (Lipinski definition) is 6. The summed E-state index contributed by atoms with van der Waals surface area (Å²) in [5, 5.41) is 4.00. The SMILES string of the molecule is CC(C)c1nc(SCC(=O)Nc2ccc(Cl)c(Cl)c2)c2c(=O)n(C)c(=O)n(C)c2n1. The average Bonchev–Trinajstić information content (AvgIpc) is 2.71. The second kappa shape index (κ2) is 8.79. The van der Waals surface area contributed by atoms with E-state index in [2.05, 4.69) is 15.3 Å². The minimum absolute atomic E-state index is 0.00408. The second-order valence-corrected chi connectivity index (χ2v) is 8.69. The fourth-order valence-corrected chi connectivity index (χ4v) is 3.83. The van der Waals surface area contributed by atoms with Crippen molar-refractivity contribution in [2.45, 2.75) is 24.8 Å². The third-order valence-corrected chi connectivity index (χ3v) is 6.06. The highest BCUT2D eigenvalue weighted by molar-refractivity contribution is 8.00. The summed E-state index contributed by atoms with van der Waals surface area (Å²) >= 11 is 13.0. The van der Waals surface area contributed by atoms with Crippen molar-refractivity contribution in [2.75, 3.05) is 11.1 Å². The first-order chi connectivity index (χ1) is 14.1. The number of carbonyl (C=O) groups excluding carboxylic acids is 1. The van der Waals surface area contributed by atoms with Crippen molar-refractivity contribution < 1.29 is 4.79 Å². The van der Waals surface area contributed by atoms with Gasteiger partial charge >= 0.3 is 5.69 Å². The van der Waals surface area contributed by atoms with Crippen molar-refractivity contribution in [2.24, 2.45) is 14.1 Å². The van der Waals surface area contributed by atoms with Gasteiger partial charge in [-0.2, -0.15) is 0 Å². The normalized spacial score (nSPS) is 11.3. The van der Waals surface area contributed by atoms with Crippen LogP contribution in [0.4, 0.5) is 5.69 Å². The molecule has 2 heterocycles. The van der Waals surface area contributed by atoms with Crippen LogP contribution in [0.2, 0.25) is 10.0 Å². The molecular formula is C19H19Cl2N5O3S. The molecule has 1 N–H and O–H groups in total. The second-order valence-electron chi connectivity index (χ2n) is 6.91. The van der Waals surface area contributed by atoms with Crippen LogP contribution >= 0.6 is 35.0 Å². The number of amides is 1. The maximum atomic E-state index is 12.7. The van der Waals surface area contributed by atoms with Gasteiger partial charge in [0.25, 0.3) is 5.56 Å². The maximum Gasteiger partial charge on any atom is 0.332 e. The number of aromatic nitrogens is 4. The Kier molecular flexibility index (Phi) is 6.54. The molecule has 0 fully saturated rings. The summed E-state index contributed by atoms with van der Waals surface area (Å²) in [4.78, 5) is 46.3. The van der Waals surface area contributed by atoms with Crippen LogP contribution in [0.25, 0.3) is 11.0 Å². The first-order valence-corrected chi connectivity index (χ1v) is 10.7. The number of anilines is 1. The van der Waals surface area contributed by atoms with Crippen molar-refractivity contribution >= 4 is 57.6 Å². The molecule has 0 aliphatic heterocycles. The number of nitrogens with zero attached hydrogens (tertiary/aromatic N) is 4. The number of halogens is 2. The van der Waals surface area contributed by atoms with E-state index in [1.807, 2.05) is 13.8 Å². The molecular weight excluding hydrogens is 449 g/mol. The van der Waals surface area contributed by atoms with E-state index >= 15 is 0 Å². The summed E-state index contributed by atoms with van der Waals surface area (Å²) in [5.41, 5.74) is -0.233. The van der Waals surface area contributed by atoms with Crippen LogP contribution in [0.1, 0.15) is 25.6 Å². The molecule has 8 nitrogen and oxygen atoms in total. The zero-order chi connectivity index (χ0) is 22.2. The highest BCUT2D eigenvalue weighted by Gasteiger charge is 2.19. The molecule has 0 spiro atoms. The van der Waals surface area contributed by atoms with Crippen molar-refractivity contribution in [3.05, 3.63) is 54.9 Å². The third-order valence-electron chi connectivity index (χ3n) is 4.34. The Hall–Kier alpha value is -2.36. The minimum Gasteiger partial charge on any atom is -0.325 e. The first-order valence-electron chi connectivity index (χ1n) is 8.95. The largest absolute Gasteiger partial charge is 0.332 e. The molecule has 2 aromatic heterocycles. The molecule has 0 atom stereocenters. The highest BCUT2D eigenvalue weighted by atomic mass is 35.5. The van der Waals surface area contributed by atoms with Gasteiger partial charge in [-0.15, -0.1) is 0 Å². The molecule has 0 bridgehead atoms. The van der Waals surface area contributed by atoms with Gasteiger partial charge < -0.3 is 5.32 Å². The summed E-state index contributed by atoms with van der Waals surface area (Å²) in [5.74, 6) is 0.143. The summed E-state index contributed by atoms with van der Waals surface area (Å²) in [7, 11) is 2.94. The van der Waals surface area contributed by atoms with E-state index in [1.165, 1.54) is 11.6 Å². The van der Waals surface area contributed by atoms with Crippen molar-refractivity contribution in [1.82, 2.24) is 19.1 Å². The molecule has 158 valence electrons. The zero-order valence-electron chi connectivity index (χ0n) is 16.7.